The van der Waals surface area contributed by atoms with Crippen LogP contribution in [0.25, 0.3) is 0 Å². The molecule has 2 aromatic rings. The number of anilines is 1. The zero-order valence-electron chi connectivity index (χ0n) is 14.7. The van der Waals surface area contributed by atoms with Crippen molar-refractivity contribution < 1.29 is 19.3 Å². The molecule has 8 heteroatoms. The van der Waals surface area contributed by atoms with Gasteiger partial charge in [0.05, 0.1) is 16.1 Å². The van der Waals surface area contributed by atoms with Gasteiger partial charge in [0.1, 0.15) is 6.04 Å². The Morgan fingerprint density at radius 1 is 1.00 bits per heavy atom. The van der Waals surface area contributed by atoms with Gasteiger partial charge >= 0.3 is 0 Å². The highest BCUT2D eigenvalue weighted by atomic mass is 16.6. The number of fused-ring (bicyclic) bond motifs is 1. The predicted octanol–water partition coefficient (Wildman–Crippen LogP) is 2.85. The molecule has 138 valence electrons. The number of hydrogen-bond donors (Lipinski definition) is 1. The molecule has 2 aromatic carbocycles. The highest BCUT2D eigenvalue weighted by Gasteiger charge is 2.43. The minimum atomic E-state index is -1.01. The Balaban J connectivity index is 1.86. The number of imide groups is 1. The number of carbonyl (C=O) groups excluding carboxylic acids is 3. The molecule has 0 spiro atoms. The van der Waals surface area contributed by atoms with Crippen LogP contribution in [0, 0.1) is 16.0 Å². The predicted molar refractivity (Wildman–Crippen MR) is 97.3 cm³/mol. The van der Waals surface area contributed by atoms with Gasteiger partial charge in [0.25, 0.3) is 17.5 Å². The fourth-order valence-corrected chi connectivity index (χ4v) is 3.06. The van der Waals surface area contributed by atoms with Gasteiger partial charge < -0.3 is 5.32 Å². The highest BCUT2D eigenvalue weighted by Crippen LogP contribution is 2.28. The molecule has 0 saturated carbocycles. The Bertz CT molecular complexity index is 902. The van der Waals surface area contributed by atoms with Crippen LogP contribution in [0.15, 0.2) is 48.5 Å². The van der Waals surface area contributed by atoms with E-state index < -0.39 is 28.7 Å². The first-order valence-corrected chi connectivity index (χ1v) is 8.33. The Kier molecular flexibility index (Phi) is 4.72. The van der Waals surface area contributed by atoms with Gasteiger partial charge in [0.2, 0.25) is 5.91 Å². The summed E-state index contributed by atoms with van der Waals surface area (Å²) in [5.41, 5.74) is 0.786. The van der Waals surface area contributed by atoms with Crippen molar-refractivity contribution in [2.45, 2.75) is 19.9 Å². The third-order valence-corrected chi connectivity index (χ3v) is 4.35. The first-order valence-electron chi connectivity index (χ1n) is 8.33. The second-order valence-corrected chi connectivity index (χ2v) is 6.51. The summed E-state index contributed by atoms with van der Waals surface area (Å²) in [7, 11) is 0. The minimum absolute atomic E-state index is 0.103. The molecule has 0 aliphatic carbocycles. The summed E-state index contributed by atoms with van der Waals surface area (Å²) in [6.07, 6.45) is 0. The van der Waals surface area contributed by atoms with Gasteiger partial charge in [-0.25, -0.2) is 0 Å². The van der Waals surface area contributed by atoms with Crippen LogP contribution >= 0.6 is 0 Å². The molecular weight excluding hydrogens is 350 g/mol. The van der Waals surface area contributed by atoms with E-state index in [0.29, 0.717) is 5.69 Å². The summed E-state index contributed by atoms with van der Waals surface area (Å²) in [6, 6.07) is 10.8. The van der Waals surface area contributed by atoms with E-state index in [4.69, 9.17) is 0 Å². The Hall–Kier alpha value is -3.55. The van der Waals surface area contributed by atoms with E-state index in [0.717, 1.165) is 4.90 Å². The number of non-ortho nitro benzene ring substituents is 1. The van der Waals surface area contributed by atoms with E-state index in [2.05, 4.69) is 5.32 Å². The molecule has 0 saturated heterocycles. The van der Waals surface area contributed by atoms with Crippen molar-refractivity contribution in [1.82, 2.24) is 4.90 Å². The summed E-state index contributed by atoms with van der Waals surface area (Å²) in [5, 5.41) is 13.3. The van der Waals surface area contributed by atoms with E-state index in [-0.39, 0.29) is 22.7 Å². The minimum Gasteiger partial charge on any atom is -0.324 e. The van der Waals surface area contributed by atoms with Crippen molar-refractivity contribution in [2.24, 2.45) is 5.92 Å². The van der Waals surface area contributed by atoms with Gasteiger partial charge in [0, 0.05) is 17.8 Å². The number of nitro groups is 1. The molecule has 3 rings (SSSR count). The lowest BCUT2D eigenvalue weighted by Crippen LogP contribution is -2.50. The maximum Gasteiger partial charge on any atom is 0.269 e. The maximum absolute atomic E-state index is 12.8. The normalized spacial score (nSPS) is 14.3. The van der Waals surface area contributed by atoms with Gasteiger partial charge in [0.15, 0.2) is 0 Å². The lowest BCUT2D eigenvalue weighted by atomic mass is 10.0. The molecule has 1 atom stereocenters. The van der Waals surface area contributed by atoms with Gasteiger partial charge in [-0.15, -0.1) is 0 Å². The van der Waals surface area contributed by atoms with Crippen molar-refractivity contribution >= 4 is 29.1 Å². The number of nitro benzene ring substituents is 1. The van der Waals surface area contributed by atoms with Crippen molar-refractivity contribution in [1.29, 1.82) is 0 Å². The van der Waals surface area contributed by atoms with Crippen LogP contribution < -0.4 is 5.32 Å². The monoisotopic (exact) mass is 367 g/mol. The molecule has 1 N–H and O–H groups in total. The summed E-state index contributed by atoms with van der Waals surface area (Å²) >= 11 is 0. The van der Waals surface area contributed by atoms with Crippen molar-refractivity contribution in [3.05, 3.63) is 69.8 Å². The second kappa shape index (κ2) is 6.99. The molecule has 0 fully saturated rings. The second-order valence-electron chi connectivity index (χ2n) is 6.51. The zero-order valence-corrected chi connectivity index (χ0v) is 14.7. The van der Waals surface area contributed by atoms with E-state index in [1.807, 2.05) is 0 Å². The van der Waals surface area contributed by atoms with Gasteiger partial charge in [-0.05, 0) is 30.2 Å². The molecule has 0 unspecified atom stereocenters. The van der Waals surface area contributed by atoms with Gasteiger partial charge in [-0.1, -0.05) is 26.0 Å². The smallest absolute Gasteiger partial charge is 0.269 e. The van der Waals surface area contributed by atoms with Gasteiger partial charge in [-0.3, -0.25) is 29.4 Å². The number of rotatable bonds is 5. The topological polar surface area (TPSA) is 110 Å². The molecular formula is C19H17N3O5. The van der Waals surface area contributed by atoms with Crippen LogP contribution in [0.4, 0.5) is 11.4 Å². The molecule has 1 aliphatic rings. The average molecular weight is 367 g/mol. The van der Waals surface area contributed by atoms with Crippen LogP contribution in [-0.4, -0.2) is 33.6 Å². The SMILES string of the molecule is CC(C)[C@H](C(=O)Nc1ccc([N+](=O)[O-])cc1)N1C(=O)c2ccccc2C1=O. The van der Waals surface area contributed by atoms with Crippen molar-refractivity contribution in [3.8, 4) is 0 Å². The average Bonchev–Trinajstić information content (AvgIpc) is 2.88. The third kappa shape index (κ3) is 3.29. The number of hydrogen-bond acceptors (Lipinski definition) is 5. The molecule has 0 aromatic heterocycles. The maximum atomic E-state index is 12.8. The molecule has 0 radical (unpaired) electrons. The van der Waals surface area contributed by atoms with E-state index in [1.54, 1.807) is 38.1 Å². The molecule has 8 nitrogen and oxygen atoms in total. The molecule has 1 aliphatic heterocycles. The molecule has 27 heavy (non-hydrogen) atoms. The molecule has 3 amide bonds. The van der Waals surface area contributed by atoms with Crippen LogP contribution in [0.3, 0.4) is 0 Å². The van der Waals surface area contributed by atoms with Crippen LogP contribution in [0.2, 0.25) is 0 Å². The first-order chi connectivity index (χ1) is 12.8. The van der Waals surface area contributed by atoms with Gasteiger partial charge in [-0.2, -0.15) is 0 Å². The van der Waals surface area contributed by atoms with Crippen molar-refractivity contribution in [2.75, 3.05) is 5.32 Å². The Morgan fingerprint density at radius 3 is 1.96 bits per heavy atom. The lowest BCUT2D eigenvalue weighted by Gasteiger charge is -2.28. The number of nitrogens with one attached hydrogen (secondary N) is 1. The first kappa shape index (κ1) is 18.2. The van der Waals surface area contributed by atoms with E-state index >= 15 is 0 Å². The Morgan fingerprint density at radius 2 is 1.52 bits per heavy atom. The summed E-state index contributed by atoms with van der Waals surface area (Å²) in [4.78, 5) is 49.3. The summed E-state index contributed by atoms with van der Waals surface area (Å²) in [6.45, 7) is 3.48. The highest BCUT2D eigenvalue weighted by molar-refractivity contribution is 6.23. The molecule has 0 bridgehead atoms. The van der Waals surface area contributed by atoms with Crippen LogP contribution in [0.5, 0.6) is 0 Å². The van der Waals surface area contributed by atoms with Crippen LogP contribution in [0.1, 0.15) is 34.6 Å². The van der Waals surface area contributed by atoms with E-state index in [1.165, 1.54) is 24.3 Å². The standard InChI is InChI=1S/C19H17N3O5/c1-11(2)16(17(23)20-12-7-9-13(10-8-12)22(26)27)21-18(24)14-5-3-4-6-15(14)19(21)25/h3-11,16H,1-2H3,(H,20,23)/t16-/m1/s1. The fraction of sp³-hybridized carbons (Fsp3) is 0.211. The number of nitrogens with zero attached hydrogens (tertiary/aromatic N) is 2. The lowest BCUT2D eigenvalue weighted by molar-refractivity contribution is -0.384. The Labute approximate surface area is 154 Å². The largest absolute Gasteiger partial charge is 0.324 e. The fourth-order valence-electron chi connectivity index (χ4n) is 3.06. The van der Waals surface area contributed by atoms with Crippen molar-refractivity contribution in [3.63, 3.8) is 0 Å². The number of benzene rings is 2. The summed E-state index contributed by atoms with van der Waals surface area (Å²) in [5.74, 6) is -1.88. The third-order valence-electron chi connectivity index (χ3n) is 4.35. The number of carbonyl (C=O) groups is 3. The van der Waals surface area contributed by atoms with E-state index in [9.17, 15) is 24.5 Å². The van der Waals surface area contributed by atoms with Crippen LogP contribution in [-0.2, 0) is 4.79 Å². The number of amides is 3. The zero-order chi connectivity index (χ0) is 19.7. The summed E-state index contributed by atoms with van der Waals surface area (Å²) < 4.78 is 0. The molecule has 1 heterocycles. The quantitative estimate of drug-likeness (QED) is 0.496.